The van der Waals surface area contributed by atoms with Crippen molar-refractivity contribution in [3.8, 4) is 0 Å². The first kappa shape index (κ1) is 46.1. The van der Waals surface area contributed by atoms with Crippen molar-refractivity contribution in [1.29, 1.82) is 0 Å². The molecule has 0 nitrogen and oxygen atoms in total. The minimum atomic E-state index is -4.23. The van der Waals surface area contributed by atoms with Crippen molar-refractivity contribution in [2.24, 2.45) is 11.3 Å². The van der Waals surface area contributed by atoms with Crippen LogP contribution in [0.2, 0.25) is 0 Å². The van der Waals surface area contributed by atoms with Gasteiger partial charge in [0.2, 0.25) is 0 Å². The average molecular weight is 776 g/mol. The summed E-state index contributed by atoms with van der Waals surface area (Å²) in [6.07, 6.45) is 4.05. The largest absolute Gasteiger partial charge is 1.00 e. The van der Waals surface area contributed by atoms with Crippen LogP contribution < -0.4 is 24.8 Å². The second-order valence-corrected chi connectivity index (χ2v) is 14.9. The Bertz CT molecular complexity index is 1560. The maximum absolute atomic E-state index is 11.8. The van der Waals surface area contributed by atoms with Gasteiger partial charge in [0.1, 0.15) is 0 Å². The minimum Gasteiger partial charge on any atom is -1.00 e. The summed E-state index contributed by atoms with van der Waals surface area (Å²) in [5.74, 6) is 0.573. The van der Waals surface area contributed by atoms with Gasteiger partial charge in [-0.2, -0.15) is 55.2 Å². The van der Waals surface area contributed by atoms with Crippen LogP contribution in [0.4, 0.5) is 13.2 Å². The van der Waals surface area contributed by atoms with Gasteiger partial charge >= 0.3 is 34.6 Å². The molecule has 0 bridgehead atoms. The van der Waals surface area contributed by atoms with Crippen LogP contribution in [0, 0.1) is 23.5 Å². The summed E-state index contributed by atoms with van der Waals surface area (Å²) in [6.45, 7) is 24.9. The molecule has 0 aromatic heterocycles. The van der Waals surface area contributed by atoms with E-state index in [-0.39, 0.29) is 35.6 Å². The fourth-order valence-electron chi connectivity index (χ4n) is 5.39. The number of rotatable bonds is 2. The van der Waals surface area contributed by atoms with Gasteiger partial charge < -0.3 is 24.8 Å². The van der Waals surface area contributed by atoms with E-state index in [2.05, 4.69) is 141 Å². The molecule has 0 saturated carbocycles. The van der Waals surface area contributed by atoms with Crippen LogP contribution in [-0.2, 0) is 41.2 Å². The number of benzene rings is 3. The first-order chi connectivity index (χ1) is 21.3. The van der Waals surface area contributed by atoms with E-state index in [1.165, 1.54) is 86.6 Å². The quantitative estimate of drug-likeness (QED) is 0.194. The van der Waals surface area contributed by atoms with Crippen LogP contribution >= 0.6 is 0 Å². The molecule has 0 N–H and O–H groups in total. The monoisotopic (exact) mass is 773 g/mol. The van der Waals surface area contributed by atoms with Gasteiger partial charge in [0.15, 0.2) is 0 Å². The van der Waals surface area contributed by atoms with Gasteiger partial charge in [-0.05, 0) is 10.8 Å². The first-order valence-electron chi connectivity index (χ1n) is 16.1. The summed E-state index contributed by atoms with van der Waals surface area (Å²) in [6, 6.07) is 23.1. The zero-order valence-corrected chi connectivity index (χ0v) is 34.5. The summed E-state index contributed by atoms with van der Waals surface area (Å²) in [5.41, 5.74) is 5.83. The van der Waals surface area contributed by atoms with E-state index in [0.717, 1.165) is 18.6 Å². The molecule has 0 aliphatic heterocycles. The van der Waals surface area contributed by atoms with E-state index in [1.807, 2.05) is 0 Å². The predicted octanol–water partition coefficient (Wildman–Crippen LogP) is 6.92. The van der Waals surface area contributed by atoms with Crippen LogP contribution in [0.5, 0.6) is 0 Å². The summed E-state index contributed by atoms with van der Waals surface area (Å²) < 4.78 is 38.7. The maximum Gasteiger partial charge on any atom is -1.00 e. The Morgan fingerprint density at radius 3 is 1.42 bits per heavy atom. The Labute approximate surface area is 316 Å². The SMILES string of the molecule is CC(C)(C)c1ccc2c(c1)[cH-]c1cc(C(C)(C)C)ccc12.CCC1=[C-]C(CC)C=C1C(C)(C)C.FC(F)(F)c1cc[c-]cc1.[CH2]=[Zr+2].[Cl-].[Cl-]. The molecule has 4 aromatic rings. The van der Waals surface area contributed by atoms with Crippen molar-refractivity contribution in [2.75, 3.05) is 0 Å². The maximum atomic E-state index is 11.8. The van der Waals surface area contributed by atoms with E-state index >= 15 is 0 Å². The fourth-order valence-corrected chi connectivity index (χ4v) is 5.39. The van der Waals surface area contributed by atoms with Crippen molar-refractivity contribution in [3.05, 3.63) is 113 Å². The Balaban J connectivity index is 0.000000709. The molecule has 48 heavy (non-hydrogen) atoms. The summed E-state index contributed by atoms with van der Waals surface area (Å²) >= 11 is 1.30. The number of alkyl halides is 3. The second kappa shape index (κ2) is 18.9. The van der Waals surface area contributed by atoms with Gasteiger partial charge in [0.25, 0.3) is 0 Å². The molecule has 1 aliphatic carbocycles. The molecular weight excluding hydrogens is 724 g/mol. The minimum absolute atomic E-state index is 0. The molecule has 6 heteroatoms. The molecular formula is C42H52Cl2F3Zr-3. The van der Waals surface area contributed by atoms with E-state index in [0.29, 0.717) is 11.3 Å². The number of halogens is 5. The van der Waals surface area contributed by atoms with E-state index in [1.54, 1.807) is 0 Å². The van der Waals surface area contributed by atoms with Gasteiger partial charge in [0.05, 0.1) is 0 Å². The third kappa shape index (κ3) is 12.8. The van der Waals surface area contributed by atoms with E-state index in [4.69, 9.17) is 0 Å². The van der Waals surface area contributed by atoms with Gasteiger partial charge in [-0.3, -0.25) is 6.08 Å². The number of allylic oxidation sites excluding steroid dienone is 4. The van der Waals surface area contributed by atoms with Crippen molar-refractivity contribution in [3.63, 3.8) is 0 Å². The third-order valence-electron chi connectivity index (χ3n) is 8.14. The van der Waals surface area contributed by atoms with Crippen molar-refractivity contribution < 1.29 is 62.2 Å². The zero-order chi connectivity index (χ0) is 35.1. The Morgan fingerprint density at radius 2 is 1.12 bits per heavy atom. The number of hydrogen-bond acceptors (Lipinski definition) is 0. The number of hydrogen-bond donors (Lipinski definition) is 0. The first-order valence-corrected chi connectivity index (χ1v) is 17.9. The smallest absolute Gasteiger partial charge is 1.00 e. The molecule has 1 aliphatic rings. The molecule has 0 spiro atoms. The molecule has 5 rings (SSSR count). The third-order valence-corrected chi connectivity index (χ3v) is 8.14. The van der Waals surface area contributed by atoms with Gasteiger partial charge in [0, 0.05) is 0 Å². The van der Waals surface area contributed by atoms with Crippen molar-refractivity contribution >= 4 is 25.8 Å². The molecule has 0 amide bonds. The van der Waals surface area contributed by atoms with Crippen LogP contribution in [0.1, 0.15) is 106 Å². The zero-order valence-electron chi connectivity index (χ0n) is 30.5. The summed E-state index contributed by atoms with van der Waals surface area (Å²) in [5, 5.41) is 5.48. The van der Waals surface area contributed by atoms with Crippen molar-refractivity contribution in [2.45, 2.75) is 106 Å². The second-order valence-electron chi connectivity index (χ2n) is 14.9. The fraction of sp³-hybridized carbons (Fsp3) is 0.429. The van der Waals surface area contributed by atoms with Crippen molar-refractivity contribution in [1.82, 2.24) is 0 Å². The summed E-state index contributed by atoms with van der Waals surface area (Å²) in [4.78, 5) is 0. The average Bonchev–Trinajstić information content (AvgIpc) is 3.59. The topological polar surface area (TPSA) is 0 Å². The van der Waals surface area contributed by atoms with Gasteiger partial charge in [-0.1, -0.05) is 141 Å². The van der Waals surface area contributed by atoms with E-state index < -0.39 is 11.7 Å². The molecule has 4 aromatic carbocycles. The van der Waals surface area contributed by atoms with Crippen LogP contribution in [0.25, 0.3) is 21.5 Å². The van der Waals surface area contributed by atoms with Gasteiger partial charge in [-0.15, -0.1) is 39.7 Å². The predicted molar refractivity (Wildman–Crippen MR) is 190 cm³/mol. The standard InChI is InChI=1S/C21H25.C13H21.C7H4F3.CH2.2ClH.Zr/c1-20(2,3)16-7-9-18-14(12-16)11-15-13-17(21(4,5)6)8-10-19(15)18;1-6-10-8-11(7-2)12(9-10)13(3,4)5;8-7(9,10)6-4-2-1-3-5-6;;;;/h7-13H,1-6H3;9-10H,6-7H2,1-5H3;2-5H;1H2;2*1H;/q3*-1;;;;+2/p-2. The Morgan fingerprint density at radius 1 is 0.688 bits per heavy atom. The van der Waals surface area contributed by atoms with Gasteiger partial charge in [-0.25, -0.2) is 5.57 Å². The normalized spacial score (nSPS) is 14.5. The number of fused-ring (bicyclic) bond motifs is 3. The Kier molecular flexibility index (Phi) is 18.2. The Hall–Kier alpha value is -1.87. The summed E-state index contributed by atoms with van der Waals surface area (Å²) in [7, 11) is 0. The molecule has 262 valence electrons. The van der Waals surface area contributed by atoms with Crippen LogP contribution in [0.3, 0.4) is 0 Å². The molecule has 0 saturated heterocycles. The van der Waals surface area contributed by atoms with Crippen LogP contribution in [0.15, 0.2) is 84.0 Å². The molecule has 0 fully saturated rings. The molecule has 1 unspecified atom stereocenters. The molecule has 0 radical (unpaired) electrons. The van der Waals surface area contributed by atoms with Crippen LogP contribution in [-0.4, -0.2) is 4.21 Å². The molecule has 1 atom stereocenters. The van der Waals surface area contributed by atoms with E-state index in [9.17, 15) is 13.2 Å². The molecule has 0 heterocycles.